The Kier molecular flexibility index (Phi) is 11.9. The number of aromatic carboxylic acids is 2. The van der Waals surface area contributed by atoms with E-state index in [-0.39, 0.29) is 68.6 Å². The quantitative estimate of drug-likeness (QED) is 0.0588. The van der Waals surface area contributed by atoms with E-state index in [1.165, 1.54) is 24.3 Å². The molecule has 64 heavy (non-hydrogen) atoms. The molecule has 326 valence electrons. The van der Waals surface area contributed by atoms with Crippen LogP contribution in [0.5, 0.6) is 23.3 Å². The van der Waals surface area contributed by atoms with Crippen LogP contribution in [0.3, 0.4) is 0 Å². The number of aromatic nitrogens is 8. The monoisotopic (exact) mass is 906 g/mol. The molecule has 7 aromatic rings. The molecule has 3 aromatic carbocycles. The smallest absolute Gasteiger partial charge is 0.335 e. The summed E-state index contributed by atoms with van der Waals surface area (Å²) >= 11 is 2.22. The maximum atomic E-state index is 11.8. The van der Waals surface area contributed by atoms with Crippen LogP contribution >= 0.6 is 22.7 Å². The third-order valence-electron chi connectivity index (χ3n) is 8.88. The minimum Gasteiger partial charge on any atom is -0.492 e. The molecule has 0 fully saturated rings. The average Bonchev–Trinajstić information content (AvgIpc) is 4.05. The van der Waals surface area contributed by atoms with Gasteiger partial charge >= 0.3 is 11.9 Å². The summed E-state index contributed by atoms with van der Waals surface area (Å²) in [6.45, 7) is 11.3. The van der Waals surface area contributed by atoms with Crippen molar-refractivity contribution in [3.05, 3.63) is 83.2 Å². The van der Waals surface area contributed by atoms with E-state index in [9.17, 15) is 39.6 Å². The number of carboxylic acid groups (broad SMARTS) is 2. The molecular weight excluding hydrogens is 873 g/mol. The van der Waals surface area contributed by atoms with Crippen molar-refractivity contribution in [1.82, 2.24) is 40.0 Å². The van der Waals surface area contributed by atoms with Gasteiger partial charge in [-0.2, -0.15) is 19.6 Å². The number of ether oxygens (including phenoxy) is 2. The molecule has 4 aromatic heterocycles. The highest BCUT2D eigenvalue weighted by atomic mass is 32.1. The summed E-state index contributed by atoms with van der Waals surface area (Å²) in [5.74, 6) is -3.63. The van der Waals surface area contributed by atoms with Crippen LogP contribution in [0, 0.1) is 0 Å². The van der Waals surface area contributed by atoms with Crippen LogP contribution in [0.15, 0.2) is 81.1 Å². The van der Waals surface area contributed by atoms with Crippen LogP contribution in [-0.2, 0) is 20.4 Å². The number of carbonyl (C=O) groups is 4. The van der Waals surface area contributed by atoms with Crippen molar-refractivity contribution in [2.45, 2.75) is 52.4 Å². The first-order valence-electron chi connectivity index (χ1n) is 18.6. The molecule has 24 heteroatoms. The highest BCUT2D eigenvalue weighted by Gasteiger charge is 2.30. The van der Waals surface area contributed by atoms with E-state index in [0.717, 1.165) is 44.2 Å². The van der Waals surface area contributed by atoms with Crippen molar-refractivity contribution in [2.24, 2.45) is 20.5 Å². The molecule has 4 N–H and O–H groups in total. The van der Waals surface area contributed by atoms with E-state index in [4.69, 9.17) is 9.47 Å². The van der Waals surface area contributed by atoms with Crippen molar-refractivity contribution in [2.75, 3.05) is 0 Å². The Balaban J connectivity index is 1.14. The zero-order valence-corrected chi connectivity index (χ0v) is 36.0. The number of carboxylic acids is 2. The Morgan fingerprint density at radius 3 is 1.38 bits per heavy atom. The molecular formula is C40H34N12O10S2. The number of hydrogen-bond donors (Lipinski definition) is 4. The number of nitrogens with zero attached hydrogens (tertiary/aromatic N) is 12. The van der Waals surface area contributed by atoms with Crippen molar-refractivity contribution in [1.29, 1.82) is 0 Å². The second kappa shape index (κ2) is 17.3. The second-order valence-corrected chi connectivity index (χ2v) is 17.5. The zero-order valence-electron chi connectivity index (χ0n) is 34.3. The van der Waals surface area contributed by atoms with Crippen molar-refractivity contribution in [3.8, 4) is 55.8 Å². The van der Waals surface area contributed by atoms with Crippen LogP contribution in [0.1, 0.15) is 73.6 Å². The molecule has 0 atom stereocenters. The average molecular weight is 907 g/mol. The Hall–Kier alpha value is -8.12. The number of carbonyl (C=O) groups excluding carboxylic acids is 2. The molecule has 0 saturated carbocycles. The SMILES string of the molecule is CC(C)(C)c1nn(-c2cc(OC=O)cc(C(=O)O)c2)c(O)c1N=Nc1nnc(-c2cccc(-c3nnc(N=Nc4c(C(C)(C)C)nn(-c5cc(OC=O)cc(C(=O)O)c5)c4O)s3)c2)s1. The molecule has 4 heterocycles. The molecule has 0 bridgehead atoms. The van der Waals surface area contributed by atoms with Crippen LogP contribution in [0.4, 0.5) is 21.6 Å². The predicted molar refractivity (Wildman–Crippen MR) is 228 cm³/mol. The topological polar surface area (TPSA) is 304 Å². The molecule has 0 amide bonds. The van der Waals surface area contributed by atoms with Gasteiger partial charge in [-0.3, -0.25) is 9.59 Å². The highest BCUT2D eigenvalue weighted by molar-refractivity contribution is 7.18. The van der Waals surface area contributed by atoms with Gasteiger partial charge in [-0.1, -0.05) is 82.4 Å². The summed E-state index contributed by atoms with van der Waals surface area (Å²) in [6.07, 6.45) is 0. The minimum absolute atomic E-state index is 0.00182. The Morgan fingerprint density at radius 2 is 1.02 bits per heavy atom. The number of rotatable bonds is 14. The normalized spacial score (nSPS) is 12.0. The fraction of sp³-hybridized carbons (Fsp3) is 0.200. The second-order valence-electron chi connectivity index (χ2n) is 15.6. The van der Waals surface area contributed by atoms with E-state index >= 15 is 0 Å². The summed E-state index contributed by atoms with van der Waals surface area (Å²) < 4.78 is 11.9. The third-order valence-corrected chi connectivity index (χ3v) is 10.6. The van der Waals surface area contributed by atoms with Crippen LogP contribution in [0.25, 0.3) is 32.5 Å². The largest absolute Gasteiger partial charge is 0.492 e. The molecule has 7 rings (SSSR count). The minimum atomic E-state index is -1.29. The molecule has 0 spiro atoms. The summed E-state index contributed by atoms with van der Waals surface area (Å²) in [5, 5.41) is 86.0. The lowest BCUT2D eigenvalue weighted by atomic mass is 9.91. The van der Waals surface area contributed by atoms with Crippen molar-refractivity contribution >= 4 is 69.2 Å². The lowest BCUT2D eigenvalue weighted by Crippen LogP contribution is -2.13. The van der Waals surface area contributed by atoms with E-state index in [0.29, 0.717) is 32.5 Å². The summed E-state index contributed by atoms with van der Waals surface area (Å²) in [4.78, 5) is 45.6. The molecule has 0 radical (unpaired) electrons. The third kappa shape index (κ3) is 9.21. The molecule has 0 aliphatic rings. The maximum absolute atomic E-state index is 11.8. The highest BCUT2D eigenvalue weighted by Crippen LogP contribution is 2.43. The summed E-state index contributed by atoms with van der Waals surface area (Å²) in [5.41, 5.74) is 0.404. The van der Waals surface area contributed by atoms with Crippen molar-refractivity contribution < 1.29 is 49.1 Å². The predicted octanol–water partition coefficient (Wildman–Crippen LogP) is 8.40. The number of aromatic hydroxyl groups is 2. The fourth-order valence-corrected chi connectivity index (χ4v) is 7.30. The van der Waals surface area contributed by atoms with Gasteiger partial charge in [0.15, 0.2) is 11.4 Å². The van der Waals surface area contributed by atoms with Gasteiger partial charge in [-0.25, -0.2) is 9.59 Å². The lowest BCUT2D eigenvalue weighted by molar-refractivity contribution is -0.121. The van der Waals surface area contributed by atoms with Gasteiger partial charge in [0, 0.05) is 34.1 Å². The van der Waals surface area contributed by atoms with E-state index in [2.05, 4.69) is 51.0 Å². The van der Waals surface area contributed by atoms with Crippen LogP contribution in [-0.4, -0.2) is 85.3 Å². The zero-order chi connectivity index (χ0) is 46.1. The van der Waals surface area contributed by atoms with Gasteiger partial charge in [0.25, 0.3) is 23.2 Å². The van der Waals surface area contributed by atoms with Gasteiger partial charge in [-0.05, 0) is 30.3 Å². The van der Waals surface area contributed by atoms with E-state index in [1.54, 1.807) is 6.07 Å². The molecule has 0 aliphatic heterocycles. The first kappa shape index (κ1) is 44.0. The van der Waals surface area contributed by atoms with Crippen LogP contribution < -0.4 is 9.47 Å². The van der Waals surface area contributed by atoms with Gasteiger partial charge < -0.3 is 29.9 Å². The fourth-order valence-electron chi connectivity index (χ4n) is 5.98. The maximum Gasteiger partial charge on any atom is 0.335 e. The van der Waals surface area contributed by atoms with Crippen molar-refractivity contribution in [3.63, 3.8) is 0 Å². The van der Waals surface area contributed by atoms with E-state index < -0.39 is 34.5 Å². The Morgan fingerprint density at radius 1 is 0.609 bits per heavy atom. The van der Waals surface area contributed by atoms with Gasteiger partial charge in [0.2, 0.25) is 11.8 Å². The lowest BCUT2D eigenvalue weighted by Gasteiger charge is -2.15. The standard InChI is InChI=1S/C40H34N12O10S2/c1-39(2,3)29-27(33(55)51(49-29)23-11-21(35(57)58)13-25(15-23)61-17-53)41-45-37-47-43-31(63-37)19-8-7-9-20(10-19)32-44-48-38(64-32)46-42-28-30(40(4,5)6)50-52(34(28)56)24-12-22(36(59)60)14-26(16-24)62-18-54/h7-18,55-56H,1-6H3,(H,57,58)(H,59,60). The van der Waals surface area contributed by atoms with Gasteiger partial charge in [0.1, 0.15) is 21.5 Å². The molecule has 0 unspecified atom stereocenters. The first-order valence-corrected chi connectivity index (χ1v) is 20.2. The number of hydrogen-bond acceptors (Lipinski definition) is 20. The Bertz CT molecular complexity index is 2830. The van der Waals surface area contributed by atoms with Gasteiger partial charge in [0.05, 0.1) is 33.9 Å². The number of azo groups is 2. The number of benzene rings is 3. The Labute approximate surface area is 368 Å². The molecule has 0 saturated heterocycles. The molecule has 0 aliphatic carbocycles. The molecule has 22 nitrogen and oxygen atoms in total. The summed E-state index contributed by atoms with van der Waals surface area (Å²) in [7, 11) is 0. The first-order chi connectivity index (χ1) is 30.3. The van der Waals surface area contributed by atoms with E-state index in [1.807, 2.05) is 59.7 Å². The van der Waals surface area contributed by atoms with Crippen LogP contribution in [0.2, 0.25) is 0 Å². The van der Waals surface area contributed by atoms with Gasteiger partial charge in [-0.15, -0.1) is 40.9 Å². The summed E-state index contributed by atoms with van der Waals surface area (Å²) in [6, 6.07) is 14.7.